The van der Waals surface area contributed by atoms with Gasteiger partial charge in [0.25, 0.3) is 0 Å². The fraction of sp³-hybridized carbons (Fsp3) is 0.333. The van der Waals surface area contributed by atoms with Gasteiger partial charge in [-0.1, -0.05) is 18.6 Å². The molecular weight excluding hydrogens is 260 g/mol. The Bertz CT molecular complexity index is 492. The van der Waals surface area contributed by atoms with Crippen molar-refractivity contribution in [2.45, 2.75) is 25.2 Å². The first-order valence-electron chi connectivity index (χ1n) is 6.12. The zero-order valence-corrected chi connectivity index (χ0v) is 12.3. The van der Waals surface area contributed by atoms with Crippen LogP contribution in [-0.2, 0) is 9.53 Å². The van der Waals surface area contributed by atoms with Gasteiger partial charge in [-0.2, -0.15) is 0 Å². The van der Waals surface area contributed by atoms with E-state index in [1.54, 1.807) is 11.8 Å². The van der Waals surface area contributed by atoms with Gasteiger partial charge >= 0.3 is 5.97 Å². The highest BCUT2D eigenvalue weighted by Crippen LogP contribution is 2.25. The number of carbonyl (C=O) groups excluding carboxylic acids is 2. The van der Waals surface area contributed by atoms with Crippen molar-refractivity contribution in [3.8, 4) is 0 Å². The van der Waals surface area contributed by atoms with Crippen LogP contribution < -0.4 is 0 Å². The molecule has 3 nitrogen and oxygen atoms in total. The van der Waals surface area contributed by atoms with Crippen molar-refractivity contribution in [3.63, 3.8) is 0 Å². The van der Waals surface area contributed by atoms with Gasteiger partial charge in [0, 0.05) is 16.5 Å². The number of ether oxygens (including phenoxy) is 1. The van der Waals surface area contributed by atoms with Crippen LogP contribution in [0.1, 0.15) is 29.3 Å². The summed E-state index contributed by atoms with van der Waals surface area (Å²) in [6.45, 7) is 4.04. The Balaban J connectivity index is 2.96. The van der Waals surface area contributed by atoms with Gasteiger partial charge in [-0.15, -0.1) is 11.8 Å². The number of hydrogen-bond acceptors (Lipinski definition) is 4. The van der Waals surface area contributed by atoms with Crippen molar-refractivity contribution in [3.05, 3.63) is 41.5 Å². The van der Waals surface area contributed by atoms with Crippen LogP contribution in [0.15, 0.2) is 35.2 Å². The summed E-state index contributed by atoms with van der Waals surface area (Å²) >= 11 is 1.65. The zero-order chi connectivity index (χ0) is 14.3. The monoisotopic (exact) mass is 278 g/mol. The molecule has 0 heterocycles. The van der Waals surface area contributed by atoms with Crippen LogP contribution in [0.25, 0.3) is 0 Å². The molecule has 0 spiro atoms. The van der Waals surface area contributed by atoms with Crippen molar-refractivity contribution in [1.82, 2.24) is 0 Å². The van der Waals surface area contributed by atoms with Gasteiger partial charge in [0.05, 0.1) is 7.11 Å². The minimum Gasteiger partial charge on any atom is -0.466 e. The number of aryl methyl sites for hydroxylation is 1. The molecule has 0 aromatic heterocycles. The Morgan fingerprint density at radius 3 is 2.68 bits per heavy atom. The topological polar surface area (TPSA) is 43.4 Å². The first-order valence-corrected chi connectivity index (χ1v) is 7.10. The lowest BCUT2D eigenvalue weighted by Crippen LogP contribution is -2.01. The van der Waals surface area contributed by atoms with Gasteiger partial charge in [-0.3, -0.25) is 4.79 Å². The summed E-state index contributed by atoms with van der Waals surface area (Å²) in [5.74, 6) is 0.265. The highest BCUT2D eigenvalue weighted by atomic mass is 32.2. The third-order valence-corrected chi connectivity index (χ3v) is 3.71. The molecule has 0 saturated heterocycles. The number of methoxy groups -OCH3 is 1. The predicted octanol–water partition coefficient (Wildman–Crippen LogP) is 3.41. The molecule has 1 aromatic carbocycles. The van der Waals surface area contributed by atoms with Crippen molar-refractivity contribution in [2.75, 3.05) is 12.9 Å². The minimum atomic E-state index is -0.524. The quantitative estimate of drug-likeness (QED) is 0.346. The first kappa shape index (κ1) is 15.5. The van der Waals surface area contributed by atoms with Crippen molar-refractivity contribution in [2.24, 2.45) is 0 Å². The van der Waals surface area contributed by atoms with E-state index in [2.05, 4.69) is 11.7 Å². The average Bonchev–Trinajstić information content (AvgIpc) is 2.42. The second-order valence-corrected chi connectivity index (χ2v) is 5.21. The number of rotatable bonds is 6. The summed E-state index contributed by atoms with van der Waals surface area (Å²) in [6, 6.07) is 5.79. The lowest BCUT2D eigenvalue weighted by atomic mass is 10.1. The number of allylic oxidation sites excluding steroid dienone is 1. The Kier molecular flexibility index (Phi) is 6.36. The standard InChI is InChI=1S/C15H18O3S/c1-4-9-19-14-7-5-11(2)10-12(14)13(16)6-8-15(17)18-3/h5-8,10H,4,9H2,1-3H3/b8-6+. The molecule has 0 N–H and O–H groups in total. The van der Waals surface area contributed by atoms with Gasteiger partial charge in [0.1, 0.15) is 0 Å². The van der Waals surface area contributed by atoms with Crippen LogP contribution in [0.2, 0.25) is 0 Å². The van der Waals surface area contributed by atoms with Crippen LogP contribution in [0.4, 0.5) is 0 Å². The summed E-state index contributed by atoms with van der Waals surface area (Å²) < 4.78 is 4.47. The van der Waals surface area contributed by atoms with E-state index >= 15 is 0 Å². The van der Waals surface area contributed by atoms with Crippen LogP contribution in [0, 0.1) is 6.92 Å². The van der Waals surface area contributed by atoms with Gasteiger partial charge in [-0.25, -0.2) is 4.79 Å². The number of thioether (sulfide) groups is 1. The number of carbonyl (C=O) groups is 2. The molecule has 102 valence electrons. The van der Waals surface area contributed by atoms with E-state index < -0.39 is 5.97 Å². The minimum absolute atomic E-state index is 0.173. The Morgan fingerprint density at radius 2 is 2.05 bits per heavy atom. The van der Waals surface area contributed by atoms with Crippen molar-refractivity contribution in [1.29, 1.82) is 0 Å². The average molecular weight is 278 g/mol. The SMILES string of the molecule is CCCSc1ccc(C)cc1C(=O)/C=C/C(=O)OC. The molecule has 19 heavy (non-hydrogen) atoms. The maximum Gasteiger partial charge on any atom is 0.330 e. The number of benzene rings is 1. The smallest absolute Gasteiger partial charge is 0.330 e. The summed E-state index contributed by atoms with van der Waals surface area (Å²) in [6.07, 6.45) is 3.46. The molecule has 0 amide bonds. The highest BCUT2D eigenvalue weighted by molar-refractivity contribution is 7.99. The van der Waals surface area contributed by atoms with Crippen molar-refractivity contribution < 1.29 is 14.3 Å². The Morgan fingerprint density at radius 1 is 1.32 bits per heavy atom. The van der Waals surface area contributed by atoms with Crippen molar-refractivity contribution >= 4 is 23.5 Å². The third kappa shape index (κ3) is 4.91. The van der Waals surface area contributed by atoms with E-state index in [1.807, 2.05) is 25.1 Å². The molecule has 4 heteroatoms. The highest BCUT2D eigenvalue weighted by Gasteiger charge is 2.10. The molecule has 1 rings (SSSR count). The van der Waals surface area contributed by atoms with E-state index in [0.29, 0.717) is 5.56 Å². The van der Waals surface area contributed by atoms with E-state index in [1.165, 1.54) is 13.2 Å². The summed E-state index contributed by atoms with van der Waals surface area (Å²) in [5.41, 5.74) is 1.66. The molecule has 0 radical (unpaired) electrons. The number of ketones is 1. The molecule has 0 atom stereocenters. The largest absolute Gasteiger partial charge is 0.466 e. The Labute approximate surface area is 118 Å². The molecule has 0 aliphatic carbocycles. The Hall–Kier alpha value is -1.55. The summed E-state index contributed by atoms with van der Waals surface area (Å²) in [4.78, 5) is 24.0. The van der Waals surface area contributed by atoms with Gasteiger partial charge in [0.15, 0.2) is 5.78 Å². The summed E-state index contributed by atoms with van der Waals surface area (Å²) in [5, 5.41) is 0. The molecule has 1 aromatic rings. The van der Waals surface area contributed by atoms with E-state index in [9.17, 15) is 9.59 Å². The molecular formula is C15H18O3S. The fourth-order valence-corrected chi connectivity index (χ4v) is 2.38. The van der Waals surface area contributed by atoms with Crippen LogP contribution in [0.3, 0.4) is 0 Å². The molecule has 0 fully saturated rings. The van der Waals surface area contributed by atoms with Gasteiger partial charge in [-0.05, 0) is 37.3 Å². The maximum absolute atomic E-state index is 12.1. The fourth-order valence-electron chi connectivity index (χ4n) is 1.48. The molecule has 0 saturated carbocycles. The van der Waals surface area contributed by atoms with Crippen LogP contribution in [-0.4, -0.2) is 24.6 Å². The molecule has 0 aliphatic rings. The van der Waals surface area contributed by atoms with Gasteiger partial charge in [0.2, 0.25) is 0 Å². The molecule has 0 aliphatic heterocycles. The normalized spacial score (nSPS) is 10.7. The first-order chi connectivity index (χ1) is 9.08. The van der Waals surface area contributed by atoms with Gasteiger partial charge < -0.3 is 4.74 Å². The number of hydrogen-bond donors (Lipinski definition) is 0. The maximum atomic E-state index is 12.1. The second kappa shape index (κ2) is 7.79. The zero-order valence-electron chi connectivity index (χ0n) is 11.4. The second-order valence-electron chi connectivity index (χ2n) is 4.07. The molecule has 0 bridgehead atoms. The van der Waals surface area contributed by atoms with E-state index in [4.69, 9.17) is 0 Å². The van der Waals surface area contributed by atoms with E-state index in [0.717, 1.165) is 28.7 Å². The lowest BCUT2D eigenvalue weighted by molar-refractivity contribution is -0.134. The summed E-state index contributed by atoms with van der Waals surface area (Å²) in [7, 11) is 1.28. The number of esters is 1. The third-order valence-electron chi connectivity index (χ3n) is 2.43. The molecule has 0 unspecified atom stereocenters. The lowest BCUT2D eigenvalue weighted by Gasteiger charge is -2.07. The predicted molar refractivity (Wildman–Crippen MR) is 77.7 cm³/mol. The van der Waals surface area contributed by atoms with Crippen LogP contribution >= 0.6 is 11.8 Å². The van der Waals surface area contributed by atoms with E-state index in [-0.39, 0.29) is 5.78 Å². The van der Waals surface area contributed by atoms with Crippen LogP contribution in [0.5, 0.6) is 0 Å².